The first kappa shape index (κ1) is 13.6. The van der Waals surface area contributed by atoms with Gasteiger partial charge in [0.2, 0.25) is 0 Å². The van der Waals surface area contributed by atoms with Gasteiger partial charge in [-0.2, -0.15) is 13.2 Å². The van der Waals surface area contributed by atoms with Crippen LogP contribution in [0.3, 0.4) is 0 Å². The minimum Gasteiger partial charge on any atom is -0.382 e. The molecule has 0 aliphatic rings. The van der Waals surface area contributed by atoms with Gasteiger partial charge in [-0.3, -0.25) is 0 Å². The van der Waals surface area contributed by atoms with Crippen molar-refractivity contribution in [2.75, 3.05) is 11.9 Å². The van der Waals surface area contributed by atoms with Crippen molar-refractivity contribution in [1.82, 2.24) is 4.98 Å². The molecule has 0 saturated carbocycles. The molecule has 102 valence electrons. The minimum atomic E-state index is -4.63. The molecule has 0 fully saturated rings. The Morgan fingerprint density at radius 3 is 2.68 bits per heavy atom. The molecule has 1 atom stereocenters. The third-order valence-electron chi connectivity index (χ3n) is 2.76. The molecule has 1 unspecified atom stereocenters. The Bertz CT molecular complexity index is 584. The number of aliphatic hydroxyl groups is 1. The van der Waals surface area contributed by atoms with Crippen LogP contribution in [0.15, 0.2) is 30.3 Å². The summed E-state index contributed by atoms with van der Waals surface area (Å²) in [6.07, 6.45) is -7.03. The van der Waals surface area contributed by atoms with Gasteiger partial charge in [0, 0.05) is 5.39 Å². The number of hydrogen-bond acceptors (Lipinski definition) is 3. The molecule has 1 heterocycles. The van der Waals surface area contributed by atoms with E-state index >= 15 is 0 Å². The van der Waals surface area contributed by atoms with Crippen LogP contribution < -0.4 is 5.32 Å². The molecule has 0 bridgehead atoms. The van der Waals surface area contributed by atoms with Crippen molar-refractivity contribution in [3.05, 3.63) is 35.9 Å². The highest BCUT2D eigenvalue weighted by Crippen LogP contribution is 2.22. The van der Waals surface area contributed by atoms with Gasteiger partial charge in [-0.15, -0.1) is 0 Å². The van der Waals surface area contributed by atoms with E-state index in [1.165, 1.54) is 0 Å². The largest absolute Gasteiger partial charge is 0.416 e. The van der Waals surface area contributed by atoms with Crippen molar-refractivity contribution in [1.29, 1.82) is 0 Å². The summed E-state index contributed by atoms with van der Waals surface area (Å²) < 4.78 is 36.6. The Morgan fingerprint density at radius 1 is 1.32 bits per heavy atom. The molecule has 1 aromatic carbocycles. The Kier molecular flexibility index (Phi) is 3.61. The van der Waals surface area contributed by atoms with Crippen LogP contribution in [-0.4, -0.2) is 28.9 Å². The fraction of sp³-hybridized carbons (Fsp3) is 0.308. The maximum Gasteiger partial charge on any atom is 0.416 e. The molecule has 2 N–H and O–H groups in total. The maximum absolute atomic E-state index is 12.2. The lowest BCUT2D eigenvalue weighted by molar-refractivity contribution is -0.198. The fourth-order valence-electron chi connectivity index (χ4n) is 1.71. The third-order valence-corrected chi connectivity index (χ3v) is 2.76. The summed E-state index contributed by atoms with van der Waals surface area (Å²) in [6, 6.07) is 9.16. The van der Waals surface area contributed by atoms with E-state index in [9.17, 15) is 13.2 Å². The lowest BCUT2D eigenvalue weighted by atomic mass is 10.1. The third kappa shape index (κ3) is 3.14. The molecule has 0 aliphatic heterocycles. The van der Waals surface area contributed by atoms with E-state index in [2.05, 4.69) is 10.3 Å². The topological polar surface area (TPSA) is 45.2 Å². The maximum atomic E-state index is 12.2. The van der Waals surface area contributed by atoms with Gasteiger partial charge >= 0.3 is 6.18 Å². The van der Waals surface area contributed by atoms with E-state index in [0.29, 0.717) is 11.3 Å². The summed E-state index contributed by atoms with van der Waals surface area (Å²) in [5.41, 5.74) is 1.42. The summed E-state index contributed by atoms with van der Waals surface area (Å²) in [5.74, 6) is 0.349. The van der Waals surface area contributed by atoms with Crippen LogP contribution in [0.2, 0.25) is 0 Å². The van der Waals surface area contributed by atoms with Gasteiger partial charge < -0.3 is 10.4 Å². The Hall–Kier alpha value is -1.82. The first-order chi connectivity index (χ1) is 8.88. The van der Waals surface area contributed by atoms with Gasteiger partial charge in [-0.05, 0) is 24.6 Å². The lowest BCUT2D eigenvalue weighted by Crippen LogP contribution is -2.35. The summed E-state index contributed by atoms with van der Waals surface area (Å²) in [4.78, 5) is 4.24. The lowest BCUT2D eigenvalue weighted by Gasteiger charge is -2.16. The monoisotopic (exact) mass is 270 g/mol. The molecule has 3 nitrogen and oxygen atoms in total. The van der Waals surface area contributed by atoms with Gasteiger partial charge in [0.15, 0.2) is 6.10 Å². The molecule has 0 spiro atoms. The van der Waals surface area contributed by atoms with Gasteiger partial charge in [-0.1, -0.05) is 18.2 Å². The quantitative estimate of drug-likeness (QED) is 0.901. The summed E-state index contributed by atoms with van der Waals surface area (Å²) >= 11 is 0. The second-order valence-electron chi connectivity index (χ2n) is 4.28. The average molecular weight is 270 g/mol. The number of aromatic nitrogens is 1. The molecule has 6 heteroatoms. The number of pyridine rings is 1. The number of para-hydroxylation sites is 1. The normalized spacial score (nSPS) is 13.5. The number of aryl methyl sites for hydroxylation is 1. The number of alkyl halides is 3. The van der Waals surface area contributed by atoms with E-state index in [1.807, 2.05) is 18.2 Å². The Labute approximate surface area is 108 Å². The number of anilines is 1. The van der Waals surface area contributed by atoms with Gasteiger partial charge in [0.25, 0.3) is 0 Å². The van der Waals surface area contributed by atoms with E-state index in [4.69, 9.17) is 5.11 Å². The van der Waals surface area contributed by atoms with Crippen LogP contribution in [0.1, 0.15) is 5.56 Å². The van der Waals surface area contributed by atoms with Crippen LogP contribution in [0.5, 0.6) is 0 Å². The van der Waals surface area contributed by atoms with Crippen molar-refractivity contribution in [3.8, 4) is 0 Å². The van der Waals surface area contributed by atoms with Crippen molar-refractivity contribution < 1.29 is 18.3 Å². The van der Waals surface area contributed by atoms with Crippen LogP contribution in [0.25, 0.3) is 10.9 Å². The van der Waals surface area contributed by atoms with Crippen LogP contribution >= 0.6 is 0 Å². The highest BCUT2D eigenvalue weighted by molar-refractivity contribution is 5.81. The first-order valence-corrected chi connectivity index (χ1v) is 5.73. The molecule has 2 aromatic rings. The molecule has 0 saturated heterocycles. The standard InChI is InChI=1S/C13H13F3N2O/c1-8-6-9-4-2-3-5-10(9)18-12(8)17-7-11(19)13(14,15)16/h2-6,11,19H,7H2,1H3,(H,17,18). The Balaban J connectivity index is 2.19. The van der Waals surface area contributed by atoms with Crippen molar-refractivity contribution in [2.24, 2.45) is 0 Å². The second kappa shape index (κ2) is 5.05. The van der Waals surface area contributed by atoms with E-state index in [1.54, 1.807) is 19.1 Å². The number of rotatable bonds is 3. The summed E-state index contributed by atoms with van der Waals surface area (Å²) in [5, 5.41) is 12.4. The number of hydrogen-bond donors (Lipinski definition) is 2. The predicted octanol–water partition coefficient (Wildman–Crippen LogP) is 2.88. The number of nitrogens with zero attached hydrogens (tertiary/aromatic N) is 1. The number of halogens is 3. The molecule has 2 rings (SSSR count). The summed E-state index contributed by atoms with van der Waals surface area (Å²) in [7, 11) is 0. The fourth-order valence-corrected chi connectivity index (χ4v) is 1.71. The average Bonchev–Trinajstić information content (AvgIpc) is 2.34. The molecular weight excluding hydrogens is 257 g/mol. The molecule has 0 amide bonds. The number of benzene rings is 1. The van der Waals surface area contributed by atoms with E-state index in [0.717, 1.165) is 10.9 Å². The number of nitrogens with one attached hydrogen (secondary N) is 1. The zero-order valence-corrected chi connectivity index (χ0v) is 10.2. The SMILES string of the molecule is Cc1cc2ccccc2nc1NCC(O)C(F)(F)F. The molecule has 0 radical (unpaired) electrons. The van der Waals surface area contributed by atoms with Gasteiger partial charge in [0.05, 0.1) is 12.1 Å². The number of aliphatic hydroxyl groups excluding tert-OH is 1. The van der Waals surface area contributed by atoms with E-state index < -0.39 is 18.8 Å². The van der Waals surface area contributed by atoms with Crippen molar-refractivity contribution in [3.63, 3.8) is 0 Å². The molecular formula is C13H13F3N2O. The van der Waals surface area contributed by atoms with Gasteiger partial charge in [-0.25, -0.2) is 4.98 Å². The van der Waals surface area contributed by atoms with Crippen molar-refractivity contribution in [2.45, 2.75) is 19.2 Å². The van der Waals surface area contributed by atoms with Crippen LogP contribution in [-0.2, 0) is 0 Å². The minimum absolute atomic E-state index is 0.349. The predicted molar refractivity (Wildman–Crippen MR) is 67.0 cm³/mol. The van der Waals surface area contributed by atoms with E-state index in [-0.39, 0.29) is 0 Å². The van der Waals surface area contributed by atoms with Crippen LogP contribution in [0.4, 0.5) is 19.0 Å². The zero-order valence-electron chi connectivity index (χ0n) is 10.2. The second-order valence-corrected chi connectivity index (χ2v) is 4.28. The van der Waals surface area contributed by atoms with Gasteiger partial charge in [0.1, 0.15) is 5.82 Å². The molecule has 0 aliphatic carbocycles. The highest BCUT2D eigenvalue weighted by atomic mass is 19.4. The molecule has 1 aromatic heterocycles. The number of fused-ring (bicyclic) bond motifs is 1. The highest BCUT2D eigenvalue weighted by Gasteiger charge is 2.37. The smallest absolute Gasteiger partial charge is 0.382 e. The first-order valence-electron chi connectivity index (χ1n) is 5.73. The summed E-state index contributed by atoms with van der Waals surface area (Å²) in [6.45, 7) is 1.14. The Morgan fingerprint density at radius 2 is 2.00 bits per heavy atom. The van der Waals surface area contributed by atoms with Crippen molar-refractivity contribution >= 4 is 16.7 Å². The van der Waals surface area contributed by atoms with Crippen LogP contribution in [0, 0.1) is 6.92 Å². The molecule has 19 heavy (non-hydrogen) atoms. The zero-order chi connectivity index (χ0) is 14.0.